The van der Waals surface area contributed by atoms with Crippen LogP contribution in [-0.4, -0.2) is 55.8 Å². The van der Waals surface area contributed by atoms with Gasteiger partial charge in [0.2, 0.25) is 0 Å². The van der Waals surface area contributed by atoms with Crippen molar-refractivity contribution in [1.29, 1.82) is 0 Å². The van der Waals surface area contributed by atoms with Gasteiger partial charge in [-0.05, 0) is 0 Å². The van der Waals surface area contributed by atoms with E-state index in [1.165, 1.54) is 0 Å². The highest BCUT2D eigenvalue weighted by molar-refractivity contribution is 7.47. The van der Waals surface area contributed by atoms with Gasteiger partial charge < -0.3 is 19.8 Å². The van der Waals surface area contributed by atoms with Crippen LogP contribution in [0.4, 0.5) is 0 Å². The molecule has 0 aromatic carbocycles. The molecule has 88 valence electrons. The second-order valence-corrected chi connectivity index (χ2v) is 3.56. The largest absolute Gasteiger partial charge is 0.471 e. The van der Waals surface area contributed by atoms with Crippen LogP contribution >= 0.6 is 7.82 Å². The fourth-order valence-electron chi connectivity index (χ4n) is 0.306. The lowest BCUT2D eigenvalue weighted by molar-refractivity contribution is 0.0650. The van der Waals surface area contributed by atoms with Crippen molar-refractivity contribution in [2.24, 2.45) is 0 Å². The first kappa shape index (κ1) is 16.4. The summed E-state index contributed by atoms with van der Waals surface area (Å²) in [7, 11) is -1.45. The van der Waals surface area contributed by atoms with Crippen LogP contribution in [0, 0.1) is 0 Å². The quantitative estimate of drug-likeness (QED) is 0.413. The Hall–Kier alpha value is -0.0100. The summed E-state index contributed by atoms with van der Waals surface area (Å²) in [6.07, 6.45) is 0. The highest BCUT2D eigenvalue weighted by atomic mass is 31.2. The van der Waals surface area contributed by atoms with E-state index >= 15 is 0 Å². The Bertz CT molecular complexity index is 139. The minimum Gasteiger partial charge on any atom is -0.394 e. The van der Waals surface area contributed by atoms with E-state index in [4.69, 9.17) is 15.1 Å². The molecule has 0 aliphatic carbocycles. The number of phosphoric acid groups is 1. The maximum absolute atomic E-state index is 10.1. The van der Waals surface area contributed by atoms with Crippen LogP contribution in [0.1, 0.15) is 0 Å². The van der Waals surface area contributed by atoms with Crippen molar-refractivity contribution in [3.05, 3.63) is 0 Å². The number of hydrogen-bond donors (Lipinski definition) is 3. The van der Waals surface area contributed by atoms with Gasteiger partial charge in [0.05, 0.1) is 26.4 Å². The Morgan fingerprint density at radius 1 is 1.07 bits per heavy atom. The molecule has 14 heavy (non-hydrogen) atoms. The van der Waals surface area contributed by atoms with Crippen LogP contribution < -0.4 is 0 Å². The number of hydrogen-bond acceptors (Lipinski definition) is 6. The minimum absolute atomic E-state index is 0.0278. The molecule has 0 aliphatic rings. The van der Waals surface area contributed by atoms with Gasteiger partial charge in [0.25, 0.3) is 0 Å². The van der Waals surface area contributed by atoms with Crippen molar-refractivity contribution in [1.82, 2.24) is 0 Å². The number of rotatable bonds is 6. The summed E-state index contributed by atoms with van der Waals surface area (Å²) in [4.78, 5) is 8.24. The Labute approximate surface area is 82.8 Å². The van der Waals surface area contributed by atoms with Crippen molar-refractivity contribution in [3.8, 4) is 0 Å². The van der Waals surface area contributed by atoms with E-state index < -0.39 is 7.82 Å². The fraction of sp³-hybridized carbons (Fsp3) is 1.00. The molecule has 0 amide bonds. The van der Waals surface area contributed by atoms with Gasteiger partial charge in [-0.15, -0.1) is 0 Å². The Morgan fingerprint density at radius 3 is 1.57 bits per heavy atom. The van der Waals surface area contributed by atoms with Gasteiger partial charge in [-0.3, -0.25) is 9.05 Å². The number of ether oxygens (including phenoxy) is 1. The molecule has 0 rings (SSSR count). The summed E-state index contributed by atoms with van der Waals surface area (Å²) in [6, 6.07) is 0. The van der Waals surface area contributed by atoms with E-state index in [0.29, 0.717) is 13.2 Å². The van der Waals surface area contributed by atoms with Gasteiger partial charge >= 0.3 is 7.82 Å². The van der Waals surface area contributed by atoms with E-state index in [2.05, 4.69) is 13.8 Å². The Morgan fingerprint density at radius 2 is 1.43 bits per heavy atom. The van der Waals surface area contributed by atoms with E-state index in [1.807, 2.05) is 0 Å². The third-order valence-corrected chi connectivity index (χ3v) is 1.86. The SMILES string of the molecule is COP(=O)(O)OC.OCCOCCO. The second-order valence-electron chi connectivity index (χ2n) is 1.89. The molecule has 8 heteroatoms. The van der Waals surface area contributed by atoms with Gasteiger partial charge in [-0.2, -0.15) is 0 Å². The van der Waals surface area contributed by atoms with Crippen LogP contribution in [0.15, 0.2) is 0 Å². The topological polar surface area (TPSA) is 105 Å². The summed E-state index contributed by atoms with van der Waals surface area (Å²) in [5.41, 5.74) is 0. The average Bonchev–Trinajstić information content (AvgIpc) is 2.20. The van der Waals surface area contributed by atoms with Gasteiger partial charge in [0.1, 0.15) is 0 Å². The normalized spacial score (nSPS) is 10.6. The molecule has 3 N–H and O–H groups in total. The number of aliphatic hydroxyl groups is 2. The zero-order valence-corrected chi connectivity index (χ0v) is 9.14. The van der Waals surface area contributed by atoms with Crippen molar-refractivity contribution >= 4 is 7.82 Å². The Kier molecular flexibility index (Phi) is 13.0. The van der Waals surface area contributed by atoms with E-state index in [9.17, 15) is 4.57 Å². The van der Waals surface area contributed by atoms with E-state index in [0.717, 1.165) is 14.2 Å². The molecule has 0 saturated carbocycles. The smallest absolute Gasteiger partial charge is 0.394 e. The van der Waals surface area contributed by atoms with Gasteiger partial charge in [-0.25, -0.2) is 4.57 Å². The molecule has 0 radical (unpaired) electrons. The monoisotopic (exact) mass is 232 g/mol. The summed E-state index contributed by atoms with van der Waals surface area (Å²) in [5, 5.41) is 16.2. The Balaban J connectivity index is 0. The van der Waals surface area contributed by atoms with E-state index in [-0.39, 0.29) is 13.2 Å². The van der Waals surface area contributed by atoms with Crippen LogP contribution in [0.5, 0.6) is 0 Å². The lowest BCUT2D eigenvalue weighted by Gasteiger charge is -2.01. The van der Waals surface area contributed by atoms with Gasteiger partial charge in [-0.1, -0.05) is 0 Å². The first-order chi connectivity index (χ1) is 6.54. The zero-order valence-electron chi connectivity index (χ0n) is 8.25. The molecule has 0 atom stereocenters. The highest BCUT2D eigenvalue weighted by Gasteiger charge is 2.13. The van der Waals surface area contributed by atoms with Crippen molar-refractivity contribution in [2.45, 2.75) is 0 Å². The number of phosphoric ester groups is 1. The molecule has 0 saturated heterocycles. The van der Waals surface area contributed by atoms with Crippen molar-refractivity contribution < 1.29 is 33.5 Å². The molecule has 0 bridgehead atoms. The van der Waals surface area contributed by atoms with Crippen molar-refractivity contribution in [3.63, 3.8) is 0 Å². The second kappa shape index (κ2) is 11.1. The summed E-state index contributed by atoms with van der Waals surface area (Å²) in [5.74, 6) is 0. The molecule has 0 heterocycles. The summed E-state index contributed by atoms with van der Waals surface area (Å²) in [6.45, 7) is 0.696. The molecular formula is C6H17O7P. The molecule has 7 nitrogen and oxygen atoms in total. The molecule has 0 aliphatic heterocycles. The highest BCUT2D eigenvalue weighted by Crippen LogP contribution is 2.40. The van der Waals surface area contributed by atoms with Crippen LogP contribution in [-0.2, 0) is 18.3 Å². The summed E-state index contributed by atoms with van der Waals surface area (Å²) >= 11 is 0. The third kappa shape index (κ3) is 14.5. The predicted octanol–water partition coefficient (Wildman–Crippen LogP) is -0.633. The van der Waals surface area contributed by atoms with Crippen LogP contribution in [0.3, 0.4) is 0 Å². The maximum atomic E-state index is 10.1. The molecule has 0 spiro atoms. The van der Waals surface area contributed by atoms with Gasteiger partial charge in [0.15, 0.2) is 0 Å². The predicted molar refractivity (Wildman–Crippen MR) is 48.8 cm³/mol. The first-order valence-electron chi connectivity index (χ1n) is 3.77. The van der Waals surface area contributed by atoms with Gasteiger partial charge in [0, 0.05) is 14.2 Å². The standard InChI is InChI=1S/C4H10O3.C2H7O4P/c5-1-3-7-4-2-6;1-5-7(3,4)6-2/h5-6H,1-4H2;1-2H3,(H,3,4). The van der Waals surface area contributed by atoms with Crippen molar-refractivity contribution in [2.75, 3.05) is 40.6 Å². The molecular weight excluding hydrogens is 215 g/mol. The van der Waals surface area contributed by atoms with Crippen LogP contribution in [0.25, 0.3) is 0 Å². The van der Waals surface area contributed by atoms with E-state index in [1.54, 1.807) is 0 Å². The lowest BCUT2D eigenvalue weighted by atomic mass is 10.7. The first-order valence-corrected chi connectivity index (χ1v) is 5.27. The molecule has 0 aromatic rings. The molecule has 0 fully saturated rings. The lowest BCUT2D eigenvalue weighted by Crippen LogP contribution is -2.03. The van der Waals surface area contributed by atoms with Crippen LogP contribution in [0.2, 0.25) is 0 Å². The third-order valence-electron chi connectivity index (χ3n) is 0.933. The minimum atomic E-state index is -3.65. The summed E-state index contributed by atoms with van der Waals surface area (Å²) < 4.78 is 22.6. The average molecular weight is 232 g/mol. The zero-order chi connectivity index (χ0) is 11.4. The molecule has 0 aromatic heterocycles. The number of aliphatic hydroxyl groups excluding tert-OH is 2. The maximum Gasteiger partial charge on any atom is 0.471 e. The fourth-order valence-corrected chi connectivity index (χ4v) is 0.455. The molecule has 0 unspecified atom stereocenters.